The number of alkyl halides is 2. The summed E-state index contributed by atoms with van der Waals surface area (Å²) >= 11 is 0. The molecule has 2 aliphatic heterocycles. The summed E-state index contributed by atoms with van der Waals surface area (Å²) in [6.45, 7) is 2.93. The molecule has 0 aromatic heterocycles. The standard InChI is InChI=1S/C11H17F2NO.ClH/c12-11(13)9(7-1-3-15-4-2-7)10(11)8-5-14-6-8;/h7-10,14H,1-6H2;1H. The predicted molar refractivity (Wildman–Crippen MR) is 59.1 cm³/mol. The van der Waals surface area contributed by atoms with Gasteiger partial charge in [-0.25, -0.2) is 8.78 Å². The first-order chi connectivity index (χ1) is 7.21. The summed E-state index contributed by atoms with van der Waals surface area (Å²) in [7, 11) is 0. The molecule has 2 heterocycles. The van der Waals surface area contributed by atoms with Crippen LogP contribution in [-0.2, 0) is 4.74 Å². The SMILES string of the molecule is Cl.FC1(F)C(C2CCOCC2)C1C1CNC1. The van der Waals surface area contributed by atoms with Crippen LogP contribution in [0.4, 0.5) is 8.78 Å². The van der Waals surface area contributed by atoms with E-state index in [1.807, 2.05) is 0 Å². The minimum atomic E-state index is -2.38. The van der Waals surface area contributed by atoms with Crippen LogP contribution in [0.15, 0.2) is 0 Å². The van der Waals surface area contributed by atoms with E-state index in [-0.39, 0.29) is 36.1 Å². The molecule has 0 spiro atoms. The maximum absolute atomic E-state index is 13.6. The number of hydrogen-bond acceptors (Lipinski definition) is 2. The quantitative estimate of drug-likeness (QED) is 0.812. The van der Waals surface area contributed by atoms with Gasteiger partial charge in [0, 0.05) is 25.0 Å². The predicted octanol–water partition coefficient (Wildman–Crippen LogP) is 1.94. The van der Waals surface area contributed by atoms with Crippen LogP contribution in [0.3, 0.4) is 0 Å². The lowest BCUT2D eigenvalue weighted by Crippen LogP contribution is -2.44. The van der Waals surface area contributed by atoms with Crippen LogP contribution in [0.1, 0.15) is 12.8 Å². The van der Waals surface area contributed by atoms with E-state index < -0.39 is 5.92 Å². The molecule has 2 atom stereocenters. The van der Waals surface area contributed by atoms with Crippen molar-refractivity contribution in [3.8, 4) is 0 Å². The largest absolute Gasteiger partial charge is 0.381 e. The van der Waals surface area contributed by atoms with Crippen molar-refractivity contribution >= 4 is 12.4 Å². The van der Waals surface area contributed by atoms with E-state index in [1.54, 1.807) is 0 Å². The summed E-state index contributed by atoms with van der Waals surface area (Å²) in [4.78, 5) is 0. The van der Waals surface area contributed by atoms with E-state index >= 15 is 0 Å². The molecule has 0 amide bonds. The molecule has 3 rings (SSSR count). The normalized spacial score (nSPS) is 38.6. The molecule has 5 heteroatoms. The van der Waals surface area contributed by atoms with Gasteiger partial charge in [-0.05, 0) is 37.8 Å². The van der Waals surface area contributed by atoms with E-state index in [2.05, 4.69) is 5.32 Å². The summed E-state index contributed by atoms with van der Waals surface area (Å²) < 4.78 is 32.5. The van der Waals surface area contributed by atoms with Gasteiger partial charge in [-0.2, -0.15) is 0 Å². The first-order valence-corrected chi connectivity index (χ1v) is 5.87. The van der Waals surface area contributed by atoms with Crippen molar-refractivity contribution in [2.75, 3.05) is 26.3 Å². The maximum Gasteiger partial charge on any atom is 0.255 e. The fourth-order valence-corrected chi connectivity index (χ4v) is 3.23. The molecule has 2 saturated heterocycles. The smallest absolute Gasteiger partial charge is 0.255 e. The number of ether oxygens (including phenoxy) is 1. The number of halogens is 3. The van der Waals surface area contributed by atoms with Gasteiger partial charge in [0.1, 0.15) is 0 Å². The molecule has 0 bridgehead atoms. The van der Waals surface area contributed by atoms with E-state index in [0.717, 1.165) is 25.9 Å². The van der Waals surface area contributed by atoms with Gasteiger partial charge >= 0.3 is 0 Å². The van der Waals surface area contributed by atoms with Crippen LogP contribution in [0.5, 0.6) is 0 Å². The van der Waals surface area contributed by atoms with Crippen LogP contribution >= 0.6 is 12.4 Å². The Kier molecular flexibility index (Phi) is 3.44. The lowest BCUT2D eigenvalue weighted by Gasteiger charge is -2.28. The van der Waals surface area contributed by atoms with Crippen LogP contribution < -0.4 is 5.32 Å². The fourth-order valence-electron chi connectivity index (χ4n) is 3.23. The molecule has 1 N–H and O–H groups in total. The Labute approximate surface area is 101 Å². The molecule has 16 heavy (non-hydrogen) atoms. The average molecular weight is 254 g/mol. The van der Waals surface area contributed by atoms with Gasteiger partial charge in [-0.15, -0.1) is 12.4 Å². The molecule has 0 radical (unpaired) electrons. The summed E-state index contributed by atoms with van der Waals surface area (Å²) in [6, 6.07) is 0. The van der Waals surface area contributed by atoms with E-state index in [4.69, 9.17) is 4.74 Å². The second-order valence-electron chi connectivity index (χ2n) is 5.09. The highest BCUT2D eigenvalue weighted by molar-refractivity contribution is 5.85. The van der Waals surface area contributed by atoms with Crippen molar-refractivity contribution in [1.29, 1.82) is 0 Å². The van der Waals surface area contributed by atoms with Crippen LogP contribution in [0.2, 0.25) is 0 Å². The summed E-state index contributed by atoms with van der Waals surface area (Å²) in [5, 5.41) is 3.09. The Bertz CT molecular complexity index is 254. The van der Waals surface area contributed by atoms with Crippen molar-refractivity contribution in [3.05, 3.63) is 0 Å². The molecule has 2 unspecified atom stereocenters. The lowest BCUT2D eigenvalue weighted by molar-refractivity contribution is 0.0275. The highest BCUT2D eigenvalue weighted by Gasteiger charge is 2.72. The highest BCUT2D eigenvalue weighted by Crippen LogP contribution is 2.64. The van der Waals surface area contributed by atoms with Crippen LogP contribution in [-0.4, -0.2) is 32.2 Å². The van der Waals surface area contributed by atoms with Gasteiger partial charge in [0.25, 0.3) is 5.92 Å². The molecular weight excluding hydrogens is 236 g/mol. The topological polar surface area (TPSA) is 21.3 Å². The monoisotopic (exact) mass is 253 g/mol. The van der Waals surface area contributed by atoms with Gasteiger partial charge in [0.2, 0.25) is 0 Å². The minimum absolute atomic E-state index is 0. The van der Waals surface area contributed by atoms with Crippen molar-refractivity contribution in [1.82, 2.24) is 5.32 Å². The average Bonchev–Trinajstić information content (AvgIpc) is 2.68. The van der Waals surface area contributed by atoms with Crippen molar-refractivity contribution in [3.63, 3.8) is 0 Å². The van der Waals surface area contributed by atoms with Gasteiger partial charge in [-0.1, -0.05) is 0 Å². The van der Waals surface area contributed by atoms with Gasteiger partial charge in [0.15, 0.2) is 0 Å². The van der Waals surface area contributed by atoms with Gasteiger partial charge < -0.3 is 10.1 Å². The molecule has 0 aromatic rings. The zero-order valence-corrected chi connectivity index (χ0v) is 9.94. The van der Waals surface area contributed by atoms with E-state index in [9.17, 15) is 8.78 Å². The third kappa shape index (κ3) is 1.85. The van der Waals surface area contributed by atoms with E-state index in [1.165, 1.54) is 0 Å². The van der Waals surface area contributed by atoms with Crippen molar-refractivity contribution in [2.24, 2.45) is 23.7 Å². The molecule has 3 fully saturated rings. The molecule has 2 nitrogen and oxygen atoms in total. The highest BCUT2D eigenvalue weighted by atomic mass is 35.5. The molecule has 0 aromatic carbocycles. The maximum atomic E-state index is 13.6. The zero-order valence-electron chi connectivity index (χ0n) is 9.12. The first kappa shape index (κ1) is 12.5. The third-order valence-electron chi connectivity index (χ3n) is 4.26. The van der Waals surface area contributed by atoms with Crippen molar-refractivity contribution < 1.29 is 13.5 Å². The Hall–Kier alpha value is 0.0700. The Morgan fingerprint density at radius 3 is 2.06 bits per heavy atom. The molecule has 1 aliphatic carbocycles. The zero-order chi connectivity index (χ0) is 10.5. The number of rotatable bonds is 2. The lowest BCUT2D eigenvalue weighted by atomic mass is 9.88. The van der Waals surface area contributed by atoms with E-state index in [0.29, 0.717) is 13.2 Å². The third-order valence-corrected chi connectivity index (χ3v) is 4.26. The fraction of sp³-hybridized carbons (Fsp3) is 1.00. The second-order valence-corrected chi connectivity index (χ2v) is 5.09. The molecule has 3 aliphatic rings. The molecule has 1 saturated carbocycles. The number of nitrogens with one attached hydrogen (secondary N) is 1. The van der Waals surface area contributed by atoms with Crippen LogP contribution in [0, 0.1) is 23.7 Å². The Morgan fingerprint density at radius 1 is 1.00 bits per heavy atom. The minimum Gasteiger partial charge on any atom is -0.381 e. The Balaban J connectivity index is 0.000000963. The molecule has 94 valence electrons. The van der Waals surface area contributed by atoms with Gasteiger partial charge in [0.05, 0.1) is 0 Å². The first-order valence-electron chi connectivity index (χ1n) is 5.87. The Morgan fingerprint density at radius 2 is 1.56 bits per heavy atom. The number of hydrogen-bond donors (Lipinski definition) is 1. The van der Waals surface area contributed by atoms with Gasteiger partial charge in [-0.3, -0.25) is 0 Å². The summed E-state index contributed by atoms with van der Waals surface area (Å²) in [5.74, 6) is -2.61. The summed E-state index contributed by atoms with van der Waals surface area (Å²) in [5.41, 5.74) is 0. The summed E-state index contributed by atoms with van der Waals surface area (Å²) in [6.07, 6.45) is 1.66. The second kappa shape index (κ2) is 4.39. The van der Waals surface area contributed by atoms with Crippen LogP contribution in [0.25, 0.3) is 0 Å². The van der Waals surface area contributed by atoms with Crippen molar-refractivity contribution in [2.45, 2.75) is 18.8 Å². The molecular formula is C11H18ClF2NO.